The molecule has 0 spiro atoms. The summed E-state index contributed by atoms with van der Waals surface area (Å²) in [6, 6.07) is 10.2. The van der Waals surface area contributed by atoms with Crippen LogP contribution in [0.15, 0.2) is 35.2 Å². The molecule has 2 aliphatic rings. The average molecular weight is 363 g/mol. The monoisotopic (exact) mass is 363 g/mol. The lowest BCUT2D eigenvalue weighted by Crippen LogP contribution is -2.45. The average Bonchev–Trinajstić information content (AvgIpc) is 3.07. The van der Waals surface area contributed by atoms with E-state index in [0.29, 0.717) is 39.3 Å². The van der Waals surface area contributed by atoms with Crippen molar-refractivity contribution >= 4 is 23.6 Å². The van der Waals surface area contributed by atoms with E-state index in [4.69, 9.17) is 9.47 Å². The van der Waals surface area contributed by atoms with Gasteiger partial charge in [-0.3, -0.25) is 9.59 Å². The lowest BCUT2D eigenvalue weighted by atomic mass is 9.94. The van der Waals surface area contributed by atoms with E-state index in [2.05, 4.69) is 12.1 Å². The third-order valence-electron chi connectivity index (χ3n) is 4.79. The van der Waals surface area contributed by atoms with Gasteiger partial charge < -0.3 is 14.4 Å². The zero-order valence-electron chi connectivity index (χ0n) is 14.6. The summed E-state index contributed by atoms with van der Waals surface area (Å²) in [5.41, 5.74) is 0. The van der Waals surface area contributed by atoms with Gasteiger partial charge in [0.25, 0.3) is 0 Å². The van der Waals surface area contributed by atoms with Crippen molar-refractivity contribution < 1.29 is 19.1 Å². The molecule has 0 bridgehead atoms. The van der Waals surface area contributed by atoms with Gasteiger partial charge >= 0.3 is 5.97 Å². The predicted molar refractivity (Wildman–Crippen MR) is 96.3 cm³/mol. The van der Waals surface area contributed by atoms with Gasteiger partial charge in [0.15, 0.2) is 0 Å². The van der Waals surface area contributed by atoms with E-state index in [1.807, 2.05) is 30.0 Å². The van der Waals surface area contributed by atoms with Gasteiger partial charge in [-0.15, -0.1) is 11.8 Å². The molecule has 2 fully saturated rings. The van der Waals surface area contributed by atoms with E-state index >= 15 is 0 Å². The second-order valence-corrected chi connectivity index (χ2v) is 7.80. The molecule has 1 aliphatic carbocycles. The Labute approximate surface area is 153 Å². The van der Waals surface area contributed by atoms with Gasteiger partial charge in [-0.2, -0.15) is 0 Å². The van der Waals surface area contributed by atoms with E-state index in [9.17, 15) is 9.59 Å². The Morgan fingerprint density at radius 2 is 1.84 bits per heavy atom. The first-order chi connectivity index (χ1) is 12.2. The smallest absolute Gasteiger partial charge is 0.309 e. The maximum Gasteiger partial charge on any atom is 0.309 e. The van der Waals surface area contributed by atoms with Gasteiger partial charge in [-0.25, -0.2) is 0 Å². The number of amides is 1. The van der Waals surface area contributed by atoms with E-state index in [-0.39, 0.29) is 29.0 Å². The Hall–Kier alpha value is -1.53. The second-order valence-electron chi connectivity index (χ2n) is 6.43. The molecular weight excluding hydrogens is 338 g/mol. The Morgan fingerprint density at radius 1 is 1.16 bits per heavy atom. The fourth-order valence-electron chi connectivity index (χ4n) is 3.58. The van der Waals surface area contributed by atoms with Gasteiger partial charge in [-0.1, -0.05) is 18.2 Å². The Kier molecular flexibility index (Phi) is 6.37. The van der Waals surface area contributed by atoms with Crippen molar-refractivity contribution in [2.24, 2.45) is 11.8 Å². The van der Waals surface area contributed by atoms with Gasteiger partial charge in [0, 0.05) is 23.2 Å². The first kappa shape index (κ1) is 18.3. The minimum atomic E-state index is -0.337. The molecule has 1 aliphatic heterocycles. The van der Waals surface area contributed by atoms with Crippen molar-refractivity contribution in [3.05, 3.63) is 30.3 Å². The maximum absolute atomic E-state index is 13.0. The van der Waals surface area contributed by atoms with Gasteiger partial charge in [0.1, 0.15) is 0 Å². The zero-order valence-corrected chi connectivity index (χ0v) is 15.4. The van der Waals surface area contributed by atoms with Crippen molar-refractivity contribution in [3.63, 3.8) is 0 Å². The van der Waals surface area contributed by atoms with E-state index in [1.165, 1.54) is 4.90 Å². The zero-order chi connectivity index (χ0) is 17.6. The molecular formula is C19H25NO4S. The van der Waals surface area contributed by atoms with Crippen molar-refractivity contribution in [3.8, 4) is 0 Å². The highest BCUT2D eigenvalue weighted by Crippen LogP contribution is 2.43. The quantitative estimate of drug-likeness (QED) is 0.753. The summed E-state index contributed by atoms with van der Waals surface area (Å²) in [6.07, 6.45) is 1.42. The minimum absolute atomic E-state index is 0.0810. The molecule has 3 atom stereocenters. The van der Waals surface area contributed by atoms with Crippen LogP contribution in [0.2, 0.25) is 0 Å². The molecule has 136 valence electrons. The molecule has 3 rings (SSSR count). The number of benzene rings is 1. The molecule has 1 aromatic rings. The number of hydrogen-bond donors (Lipinski definition) is 0. The lowest BCUT2D eigenvalue weighted by molar-refractivity contribution is -0.154. The summed E-state index contributed by atoms with van der Waals surface area (Å²) in [5.74, 6) is -0.766. The van der Waals surface area contributed by atoms with Crippen LogP contribution in [-0.4, -0.2) is 54.9 Å². The van der Waals surface area contributed by atoms with Crippen LogP contribution in [-0.2, 0) is 19.1 Å². The number of nitrogens with zero attached hydrogens (tertiary/aromatic N) is 1. The van der Waals surface area contributed by atoms with Crippen LogP contribution in [0.4, 0.5) is 0 Å². The standard InChI is InChI=1S/C19H25NO4S/c1-2-24-19(22)17-13-15(25-14-6-4-3-5-7-14)12-16(17)18(21)20-8-10-23-11-9-20/h3-7,15-17H,2,8-13H2,1H3. The first-order valence-corrected chi connectivity index (χ1v) is 9.82. The first-order valence-electron chi connectivity index (χ1n) is 8.94. The highest BCUT2D eigenvalue weighted by molar-refractivity contribution is 8.00. The Bertz CT molecular complexity index is 588. The van der Waals surface area contributed by atoms with Crippen molar-refractivity contribution in [2.45, 2.75) is 29.9 Å². The van der Waals surface area contributed by atoms with Gasteiger partial charge in [-0.05, 0) is 31.9 Å². The van der Waals surface area contributed by atoms with E-state index < -0.39 is 0 Å². The van der Waals surface area contributed by atoms with Crippen molar-refractivity contribution in [1.82, 2.24) is 4.90 Å². The summed E-state index contributed by atoms with van der Waals surface area (Å²) in [6.45, 7) is 4.53. The predicted octanol–water partition coefficient (Wildman–Crippen LogP) is 2.60. The van der Waals surface area contributed by atoms with Crippen molar-refractivity contribution in [2.75, 3.05) is 32.9 Å². The number of thioether (sulfide) groups is 1. The van der Waals surface area contributed by atoms with Crippen LogP contribution >= 0.6 is 11.8 Å². The SMILES string of the molecule is CCOC(=O)C1CC(Sc2ccccc2)CC1C(=O)N1CCOCC1. The number of hydrogen-bond acceptors (Lipinski definition) is 5. The number of carbonyl (C=O) groups excluding carboxylic acids is 2. The number of morpholine rings is 1. The van der Waals surface area contributed by atoms with Crippen LogP contribution in [0.5, 0.6) is 0 Å². The highest BCUT2D eigenvalue weighted by atomic mass is 32.2. The van der Waals surface area contributed by atoms with Crippen LogP contribution < -0.4 is 0 Å². The van der Waals surface area contributed by atoms with Crippen LogP contribution in [0, 0.1) is 11.8 Å². The maximum atomic E-state index is 13.0. The number of esters is 1. The molecule has 0 N–H and O–H groups in total. The molecule has 0 radical (unpaired) electrons. The molecule has 25 heavy (non-hydrogen) atoms. The molecule has 0 aromatic heterocycles. The second kappa shape index (κ2) is 8.72. The Balaban J connectivity index is 1.71. The Morgan fingerprint density at radius 3 is 2.52 bits per heavy atom. The lowest BCUT2D eigenvalue weighted by Gasteiger charge is -2.30. The number of rotatable bonds is 5. The molecule has 1 saturated carbocycles. The van der Waals surface area contributed by atoms with Crippen molar-refractivity contribution in [1.29, 1.82) is 0 Å². The summed E-state index contributed by atoms with van der Waals surface area (Å²) in [4.78, 5) is 28.4. The van der Waals surface area contributed by atoms with E-state index in [1.54, 1.807) is 11.8 Å². The molecule has 6 heteroatoms. The summed E-state index contributed by atoms with van der Waals surface area (Å²) < 4.78 is 10.6. The molecule has 3 unspecified atom stereocenters. The number of ether oxygens (including phenoxy) is 2. The molecule has 5 nitrogen and oxygen atoms in total. The third-order valence-corrected chi connectivity index (χ3v) is 6.06. The third kappa shape index (κ3) is 4.55. The topological polar surface area (TPSA) is 55.8 Å². The fraction of sp³-hybridized carbons (Fsp3) is 0.579. The van der Waals surface area contributed by atoms with Crippen LogP contribution in [0.1, 0.15) is 19.8 Å². The highest BCUT2D eigenvalue weighted by Gasteiger charge is 2.45. The molecule has 1 amide bonds. The largest absolute Gasteiger partial charge is 0.466 e. The normalized spacial score (nSPS) is 26.4. The molecule has 1 aromatic carbocycles. The molecule has 1 heterocycles. The van der Waals surface area contributed by atoms with Gasteiger partial charge in [0.2, 0.25) is 5.91 Å². The van der Waals surface area contributed by atoms with Crippen LogP contribution in [0.25, 0.3) is 0 Å². The minimum Gasteiger partial charge on any atom is -0.466 e. The van der Waals surface area contributed by atoms with Crippen LogP contribution in [0.3, 0.4) is 0 Å². The fourth-order valence-corrected chi connectivity index (χ4v) is 4.89. The summed E-state index contributed by atoms with van der Waals surface area (Å²) in [5, 5.41) is 0.256. The van der Waals surface area contributed by atoms with Gasteiger partial charge in [0.05, 0.1) is 31.7 Å². The number of carbonyl (C=O) groups is 2. The summed E-state index contributed by atoms with van der Waals surface area (Å²) >= 11 is 1.76. The van der Waals surface area contributed by atoms with E-state index in [0.717, 1.165) is 6.42 Å². The summed E-state index contributed by atoms with van der Waals surface area (Å²) in [7, 11) is 0. The molecule has 1 saturated heterocycles.